The molecular weight excluding hydrogens is 212 g/mol. The van der Waals surface area contributed by atoms with Crippen molar-refractivity contribution in [2.24, 2.45) is 0 Å². The Morgan fingerprint density at radius 3 is 2.76 bits per heavy atom. The number of hydrogen-bond donors (Lipinski definition) is 2. The molecule has 1 atom stereocenters. The van der Waals surface area contributed by atoms with Crippen molar-refractivity contribution >= 4 is 0 Å². The molecule has 0 saturated heterocycles. The van der Waals surface area contributed by atoms with Crippen molar-refractivity contribution in [1.82, 2.24) is 10.3 Å². The molecule has 0 aliphatic carbocycles. The third-order valence-electron chi connectivity index (χ3n) is 2.74. The van der Waals surface area contributed by atoms with E-state index in [1.807, 2.05) is 43.5 Å². The van der Waals surface area contributed by atoms with E-state index in [0.29, 0.717) is 5.75 Å². The Balaban J connectivity index is 1.99. The van der Waals surface area contributed by atoms with E-state index in [0.717, 1.165) is 17.7 Å². The molecular formula is C14H16N2O. The molecule has 3 heteroatoms. The minimum absolute atomic E-state index is 0.108. The minimum atomic E-state index is 0.108. The first-order valence-electron chi connectivity index (χ1n) is 5.67. The molecule has 0 amide bonds. The van der Waals surface area contributed by atoms with E-state index >= 15 is 0 Å². The summed E-state index contributed by atoms with van der Waals surface area (Å²) >= 11 is 0. The third kappa shape index (κ3) is 3.04. The van der Waals surface area contributed by atoms with Gasteiger partial charge in [-0.25, -0.2) is 0 Å². The second-order valence-electron chi connectivity index (χ2n) is 4.02. The average Bonchev–Trinajstić information content (AvgIpc) is 2.38. The summed E-state index contributed by atoms with van der Waals surface area (Å²) in [5, 5.41) is 13.1. The fraction of sp³-hybridized carbons (Fsp3) is 0.214. The highest BCUT2D eigenvalue weighted by atomic mass is 16.3. The lowest BCUT2D eigenvalue weighted by Crippen LogP contribution is -2.18. The maximum Gasteiger partial charge on any atom is 0.120 e. The zero-order valence-corrected chi connectivity index (χ0v) is 9.80. The van der Waals surface area contributed by atoms with Gasteiger partial charge in [0.25, 0.3) is 0 Å². The molecule has 88 valence electrons. The number of benzene rings is 1. The van der Waals surface area contributed by atoms with Gasteiger partial charge in [-0.2, -0.15) is 0 Å². The van der Waals surface area contributed by atoms with Crippen LogP contribution in [0.5, 0.6) is 5.75 Å². The molecule has 2 aromatic rings. The van der Waals surface area contributed by atoms with Crippen LogP contribution >= 0.6 is 0 Å². The van der Waals surface area contributed by atoms with Crippen molar-refractivity contribution < 1.29 is 5.11 Å². The molecule has 0 radical (unpaired) electrons. The van der Waals surface area contributed by atoms with Crippen molar-refractivity contribution in [3.8, 4) is 5.75 Å². The Bertz CT molecular complexity index is 471. The van der Waals surface area contributed by atoms with Crippen molar-refractivity contribution in [2.45, 2.75) is 19.5 Å². The Labute approximate surface area is 101 Å². The van der Waals surface area contributed by atoms with Crippen molar-refractivity contribution in [3.05, 3.63) is 59.9 Å². The monoisotopic (exact) mass is 228 g/mol. The summed E-state index contributed by atoms with van der Waals surface area (Å²) in [4.78, 5) is 4.06. The Morgan fingerprint density at radius 2 is 2.06 bits per heavy atom. The summed E-state index contributed by atoms with van der Waals surface area (Å²) in [7, 11) is 0. The maximum atomic E-state index is 9.73. The summed E-state index contributed by atoms with van der Waals surface area (Å²) in [5.41, 5.74) is 2.05. The molecule has 0 bridgehead atoms. The number of phenolic OH excluding ortho intramolecular Hbond substituents is 1. The number of nitrogens with one attached hydrogen (secondary N) is 1. The predicted octanol–water partition coefficient (Wildman–Crippen LogP) is 2.64. The number of aromatic hydroxyl groups is 1. The Morgan fingerprint density at radius 1 is 1.24 bits per heavy atom. The highest BCUT2D eigenvalue weighted by Crippen LogP contribution is 2.23. The van der Waals surface area contributed by atoms with Crippen LogP contribution in [0.3, 0.4) is 0 Å². The Kier molecular flexibility index (Phi) is 3.73. The summed E-state index contributed by atoms with van der Waals surface area (Å²) in [6, 6.07) is 11.4. The van der Waals surface area contributed by atoms with Crippen LogP contribution in [0.4, 0.5) is 0 Å². The van der Waals surface area contributed by atoms with Gasteiger partial charge >= 0.3 is 0 Å². The van der Waals surface area contributed by atoms with Crippen LogP contribution in [-0.4, -0.2) is 10.1 Å². The topological polar surface area (TPSA) is 45.2 Å². The molecule has 0 spiro atoms. The second-order valence-corrected chi connectivity index (χ2v) is 4.02. The van der Waals surface area contributed by atoms with Gasteiger partial charge in [0.2, 0.25) is 0 Å². The van der Waals surface area contributed by atoms with Crippen molar-refractivity contribution in [1.29, 1.82) is 0 Å². The summed E-state index contributed by atoms with van der Waals surface area (Å²) < 4.78 is 0. The van der Waals surface area contributed by atoms with Crippen LogP contribution < -0.4 is 5.32 Å². The average molecular weight is 228 g/mol. The molecule has 0 aliphatic rings. The molecule has 3 nitrogen and oxygen atoms in total. The molecule has 2 N–H and O–H groups in total. The molecule has 0 fully saturated rings. The summed E-state index contributed by atoms with van der Waals surface area (Å²) in [6.07, 6.45) is 3.60. The number of para-hydroxylation sites is 1. The molecule has 1 heterocycles. The first-order chi connectivity index (χ1) is 8.27. The van der Waals surface area contributed by atoms with Crippen LogP contribution in [0.2, 0.25) is 0 Å². The number of rotatable bonds is 4. The predicted molar refractivity (Wildman–Crippen MR) is 67.6 cm³/mol. The van der Waals surface area contributed by atoms with Crippen LogP contribution in [-0.2, 0) is 6.54 Å². The largest absolute Gasteiger partial charge is 0.508 e. The second kappa shape index (κ2) is 5.46. The minimum Gasteiger partial charge on any atom is -0.508 e. The molecule has 17 heavy (non-hydrogen) atoms. The van der Waals surface area contributed by atoms with Crippen molar-refractivity contribution in [2.75, 3.05) is 0 Å². The first kappa shape index (κ1) is 11.6. The van der Waals surface area contributed by atoms with Gasteiger partial charge in [-0.05, 0) is 24.6 Å². The van der Waals surface area contributed by atoms with Crippen molar-refractivity contribution in [3.63, 3.8) is 0 Å². The maximum absolute atomic E-state index is 9.73. The zero-order valence-electron chi connectivity index (χ0n) is 9.80. The SMILES string of the molecule is CC(NCc1cccnc1)c1ccccc1O. The number of nitrogens with zero attached hydrogens (tertiary/aromatic N) is 1. The van der Waals surface area contributed by atoms with Gasteiger partial charge in [-0.15, -0.1) is 0 Å². The zero-order chi connectivity index (χ0) is 12.1. The van der Waals surface area contributed by atoms with Gasteiger partial charge in [0, 0.05) is 30.5 Å². The normalized spacial score (nSPS) is 12.3. The molecule has 2 rings (SSSR count). The number of aromatic nitrogens is 1. The quantitative estimate of drug-likeness (QED) is 0.845. The standard InChI is InChI=1S/C14H16N2O/c1-11(13-6-2-3-7-14(13)17)16-10-12-5-4-8-15-9-12/h2-9,11,16-17H,10H2,1H3. The summed E-state index contributed by atoms with van der Waals surface area (Å²) in [5.74, 6) is 0.332. The third-order valence-corrected chi connectivity index (χ3v) is 2.74. The first-order valence-corrected chi connectivity index (χ1v) is 5.67. The van der Waals surface area contributed by atoms with Gasteiger partial charge in [-0.1, -0.05) is 24.3 Å². The lowest BCUT2D eigenvalue weighted by Gasteiger charge is -2.15. The molecule has 1 unspecified atom stereocenters. The van der Waals surface area contributed by atoms with Gasteiger partial charge in [0.1, 0.15) is 5.75 Å². The lowest BCUT2D eigenvalue weighted by atomic mass is 10.1. The fourth-order valence-electron chi connectivity index (χ4n) is 1.74. The molecule has 0 aliphatic heterocycles. The molecule has 1 aromatic carbocycles. The van der Waals surface area contributed by atoms with E-state index < -0.39 is 0 Å². The van der Waals surface area contributed by atoms with Gasteiger partial charge in [0.05, 0.1) is 0 Å². The number of pyridine rings is 1. The fourth-order valence-corrected chi connectivity index (χ4v) is 1.74. The van der Waals surface area contributed by atoms with Crippen LogP contribution in [0.25, 0.3) is 0 Å². The van der Waals surface area contributed by atoms with Gasteiger partial charge in [-0.3, -0.25) is 4.98 Å². The summed E-state index contributed by atoms with van der Waals surface area (Å²) in [6.45, 7) is 2.77. The Hall–Kier alpha value is -1.87. The highest BCUT2D eigenvalue weighted by Gasteiger charge is 2.08. The van der Waals surface area contributed by atoms with E-state index in [-0.39, 0.29) is 6.04 Å². The van der Waals surface area contributed by atoms with Crippen LogP contribution in [0, 0.1) is 0 Å². The lowest BCUT2D eigenvalue weighted by molar-refractivity contribution is 0.452. The van der Waals surface area contributed by atoms with E-state index in [2.05, 4.69) is 10.3 Å². The number of hydrogen-bond acceptors (Lipinski definition) is 3. The smallest absolute Gasteiger partial charge is 0.120 e. The van der Waals surface area contributed by atoms with Gasteiger partial charge in [0.15, 0.2) is 0 Å². The molecule has 1 aromatic heterocycles. The highest BCUT2D eigenvalue weighted by molar-refractivity contribution is 5.34. The number of phenols is 1. The van der Waals surface area contributed by atoms with E-state index in [9.17, 15) is 5.11 Å². The van der Waals surface area contributed by atoms with E-state index in [1.165, 1.54) is 0 Å². The van der Waals surface area contributed by atoms with Crippen LogP contribution in [0.1, 0.15) is 24.1 Å². The van der Waals surface area contributed by atoms with E-state index in [4.69, 9.17) is 0 Å². The van der Waals surface area contributed by atoms with Crippen LogP contribution in [0.15, 0.2) is 48.8 Å². The molecule has 0 saturated carbocycles. The van der Waals surface area contributed by atoms with E-state index in [1.54, 1.807) is 12.3 Å². The van der Waals surface area contributed by atoms with Gasteiger partial charge < -0.3 is 10.4 Å².